The number of methoxy groups -OCH3 is 2. The summed E-state index contributed by atoms with van der Waals surface area (Å²) in [5.41, 5.74) is 3.10. The zero-order valence-electron chi connectivity index (χ0n) is 20.1. The van der Waals surface area contributed by atoms with E-state index < -0.39 is 11.9 Å². The summed E-state index contributed by atoms with van der Waals surface area (Å²) in [5, 5.41) is 12.3. The largest absolute Gasteiger partial charge is 0.493 e. The van der Waals surface area contributed by atoms with Crippen LogP contribution in [0.25, 0.3) is 6.08 Å². The van der Waals surface area contributed by atoms with Gasteiger partial charge in [-0.3, -0.25) is 4.79 Å². The molecule has 0 radical (unpaired) electrons. The first-order chi connectivity index (χ1) is 17.5. The highest BCUT2D eigenvalue weighted by molar-refractivity contribution is 6.09. The summed E-state index contributed by atoms with van der Waals surface area (Å²) in [6, 6.07) is 21.4. The molecule has 0 bridgehead atoms. The molecule has 36 heavy (non-hydrogen) atoms. The molecule has 1 amide bonds. The number of carbonyl (C=O) groups excluding carboxylic acids is 2. The first-order valence-corrected chi connectivity index (χ1v) is 11.1. The van der Waals surface area contributed by atoms with Crippen molar-refractivity contribution < 1.29 is 23.8 Å². The fraction of sp³-hybridized carbons (Fsp3) is 0.138. The molecule has 0 heterocycles. The van der Waals surface area contributed by atoms with Crippen molar-refractivity contribution in [2.45, 2.75) is 13.0 Å². The van der Waals surface area contributed by atoms with Crippen LogP contribution in [-0.2, 0) is 22.6 Å². The van der Waals surface area contributed by atoms with E-state index in [0.717, 1.165) is 11.1 Å². The van der Waals surface area contributed by atoms with Gasteiger partial charge in [-0.15, -0.1) is 6.58 Å². The van der Waals surface area contributed by atoms with Gasteiger partial charge in [-0.1, -0.05) is 36.4 Å². The Morgan fingerprint density at radius 3 is 2.39 bits per heavy atom. The normalized spacial score (nSPS) is 10.6. The second kappa shape index (κ2) is 12.6. The molecule has 0 atom stereocenters. The molecule has 3 aromatic rings. The molecular weight excluding hydrogens is 456 g/mol. The van der Waals surface area contributed by atoms with E-state index in [9.17, 15) is 14.9 Å². The van der Waals surface area contributed by atoms with Crippen molar-refractivity contribution in [3.8, 4) is 17.6 Å². The standard InChI is InChI=1S/C29H26N2O5/c1-4-8-23-15-21(17-26(34-2)27(23)36-19-20-9-6-5-7-10-20)16-24(18-30)28(32)31-25-13-11-22(12-14-25)29(33)35-3/h4-7,9-17H,1,8,19H2,2-3H3,(H,31,32)/b24-16+. The number of nitrogens with one attached hydrogen (secondary N) is 1. The van der Waals surface area contributed by atoms with Gasteiger partial charge in [-0.05, 0) is 60.0 Å². The maximum Gasteiger partial charge on any atom is 0.337 e. The number of rotatable bonds is 10. The molecule has 0 aliphatic carbocycles. The van der Waals surface area contributed by atoms with Crippen LogP contribution in [-0.4, -0.2) is 26.1 Å². The van der Waals surface area contributed by atoms with Crippen molar-refractivity contribution in [1.82, 2.24) is 0 Å². The molecule has 3 aromatic carbocycles. The highest BCUT2D eigenvalue weighted by Crippen LogP contribution is 2.35. The van der Waals surface area contributed by atoms with E-state index in [1.165, 1.54) is 32.4 Å². The summed E-state index contributed by atoms with van der Waals surface area (Å²) >= 11 is 0. The minimum Gasteiger partial charge on any atom is -0.493 e. The fourth-order valence-corrected chi connectivity index (χ4v) is 3.44. The van der Waals surface area contributed by atoms with Crippen LogP contribution in [0.4, 0.5) is 5.69 Å². The lowest BCUT2D eigenvalue weighted by Gasteiger charge is -2.16. The van der Waals surface area contributed by atoms with Crippen LogP contribution in [0.1, 0.15) is 27.0 Å². The monoisotopic (exact) mass is 482 g/mol. The third-order valence-corrected chi connectivity index (χ3v) is 5.20. The highest BCUT2D eigenvalue weighted by Gasteiger charge is 2.15. The summed E-state index contributed by atoms with van der Waals surface area (Å²) in [7, 11) is 2.82. The number of anilines is 1. The van der Waals surface area contributed by atoms with Crippen LogP contribution in [0.2, 0.25) is 0 Å². The molecule has 0 unspecified atom stereocenters. The summed E-state index contributed by atoms with van der Waals surface area (Å²) in [5.74, 6) is -0.0115. The van der Waals surface area contributed by atoms with E-state index in [1.54, 1.807) is 24.3 Å². The van der Waals surface area contributed by atoms with Gasteiger partial charge in [0.1, 0.15) is 18.2 Å². The lowest BCUT2D eigenvalue weighted by molar-refractivity contribution is -0.112. The molecule has 0 spiro atoms. The summed E-state index contributed by atoms with van der Waals surface area (Å²) in [4.78, 5) is 24.3. The number of amides is 1. The molecule has 7 nitrogen and oxygen atoms in total. The quantitative estimate of drug-likeness (QED) is 0.181. The number of esters is 1. The van der Waals surface area contributed by atoms with Crippen molar-refractivity contribution in [3.05, 3.63) is 107 Å². The van der Waals surface area contributed by atoms with E-state index in [0.29, 0.717) is 41.3 Å². The number of hydrogen-bond donors (Lipinski definition) is 1. The van der Waals surface area contributed by atoms with Crippen LogP contribution >= 0.6 is 0 Å². The Morgan fingerprint density at radius 2 is 1.78 bits per heavy atom. The smallest absolute Gasteiger partial charge is 0.337 e. The lowest BCUT2D eigenvalue weighted by atomic mass is 10.0. The minimum absolute atomic E-state index is 0.100. The van der Waals surface area contributed by atoms with Gasteiger partial charge in [0.25, 0.3) is 5.91 Å². The maximum atomic E-state index is 12.7. The first kappa shape index (κ1) is 25.8. The van der Waals surface area contributed by atoms with Crippen LogP contribution < -0.4 is 14.8 Å². The van der Waals surface area contributed by atoms with Crippen molar-refractivity contribution in [1.29, 1.82) is 5.26 Å². The zero-order chi connectivity index (χ0) is 25.9. The number of benzene rings is 3. The Kier molecular flexibility index (Phi) is 9.01. The average molecular weight is 483 g/mol. The molecule has 182 valence electrons. The van der Waals surface area contributed by atoms with E-state index in [2.05, 4.69) is 16.6 Å². The van der Waals surface area contributed by atoms with Gasteiger partial charge in [0, 0.05) is 11.3 Å². The summed E-state index contributed by atoms with van der Waals surface area (Å²) in [6.45, 7) is 4.18. The molecule has 0 saturated heterocycles. The van der Waals surface area contributed by atoms with E-state index in [1.807, 2.05) is 42.5 Å². The highest BCUT2D eigenvalue weighted by atomic mass is 16.5. The number of allylic oxidation sites excluding steroid dienone is 1. The van der Waals surface area contributed by atoms with Gasteiger partial charge < -0.3 is 19.5 Å². The predicted octanol–water partition coefficient (Wildman–Crippen LogP) is 5.33. The summed E-state index contributed by atoms with van der Waals surface area (Å²) in [6.07, 6.45) is 3.73. The van der Waals surface area contributed by atoms with Crippen molar-refractivity contribution in [2.24, 2.45) is 0 Å². The van der Waals surface area contributed by atoms with Crippen LogP contribution in [0.5, 0.6) is 11.5 Å². The van der Waals surface area contributed by atoms with Gasteiger partial charge in [-0.2, -0.15) is 5.26 Å². The second-order valence-electron chi connectivity index (χ2n) is 7.67. The first-order valence-electron chi connectivity index (χ1n) is 11.1. The molecule has 0 aromatic heterocycles. The Morgan fingerprint density at radius 1 is 1.06 bits per heavy atom. The average Bonchev–Trinajstić information content (AvgIpc) is 2.91. The number of nitriles is 1. The van der Waals surface area contributed by atoms with Gasteiger partial charge >= 0.3 is 5.97 Å². The molecular formula is C29H26N2O5. The van der Waals surface area contributed by atoms with E-state index in [-0.39, 0.29) is 5.57 Å². The van der Waals surface area contributed by atoms with E-state index >= 15 is 0 Å². The van der Waals surface area contributed by atoms with Gasteiger partial charge in [0.2, 0.25) is 0 Å². The van der Waals surface area contributed by atoms with Crippen LogP contribution in [0, 0.1) is 11.3 Å². The maximum absolute atomic E-state index is 12.7. The molecule has 3 rings (SSSR count). The third kappa shape index (κ3) is 6.61. The molecule has 0 aliphatic rings. The number of hydrogen-bond acceptors (Lipinski definition) is 6. The SMILES string of the molecule is C=CCc1cc(/C=C(\C#N)C(=O)Nc2ccc(C(=O)OC)cc2)cc(OC)c1OCc1ccccc1. The van der Waals surface area contributed by atoms with Crippen molar-refractivity contribution in [3.63, 3.8) is 0 Å². The number of nitrogens with zero attached hydrogens (tertiary/aromatic N) is 1. The van der Waals surface area contributed by atoms with Crippen molar-refractivity contribution in [2.75, 3.05) is 19.5 Å². The van der Waals surface area contributed by atoms with Gasteiger partial charge in [0.05, 0.1) is 19.8 Å². The third-order valence-electron chi connectivity index (χ3n) is 5.20. The lowest BCUT2D eigenvalue weighted by Crippen LogP contribution is -2.13. The van der Waals surface area contributed by atoms with Gasteiger partial charge in [0.15, 0.2) is 11.5 Å². The van der Waals surface area contributed by atoms with Gasteiger partial charge in [-0.25, -0.2) is 4.79 Å². The van der Waals surface area contributed by atoms with Crippen LogP contribution in [0.3, 0.4) is 0 Å². The topological polar surface area (TPSA) is 97.7 Å². The molecule has 0 fully saturated rings. The fourth-order valence-electron chi connectivity index (χ4n) is 3.44. The Bertz CT molecular complexity index is 1310. The molecule has 0 saturated carbocycles. The molecule has 1 N–H and O–H groups in total. The summed E-state index contributed by atoms with van der Waals surface area (Å²) < 4.78 is 16.3. The Hall–Kier alpha value is -4.83. The second-order valence-corrected chi connectivity index (χ2v) is 7.67. The van der Waals surface area contributed by atoms with Crippen molar-refractivity contribution >= 4 is 23.6 Å². The zero-order valence-corrected chi connectivity index (χ0v) is 20.1. The number of carbonyl (C=O) groups is 2. The molecule has 7 heteroatoms. The molecule has 0 aliphatic heterocycles. The van der Waals surface area contributed by atoms with E-state index in [4.69, 9.17) is 9.47 Å². The Labute approximate surface area is 210 Å². The van der Waals surface area contributed by atoms with Crippen LogP contribution in [0.15, 0.2) is 85.0 Å². The predicted molar refractivity (Wildman–Crippen MR) is 138 cm³/mol. The Balaban J connectivity index is 1.85. The minimum atomic E-state index is -0.586. The number of ether oxygens (including phenoxy) is 3.